The van der Waals surface area contributed by atoms with Crippen molar-refractivity contribution >= 4 is 61.6 Å². The molecule has 2 N–H and O–H groups in total. The maximum atomic E-state index is 13.5. The number of amides is 1. The van der Waals surface area contributed by atoms with Gasteiger partial charge in [0.1, 0.15) is 5.76 Å². The number of anilines is 1. The number of rotatable bonds is 8. The molecule has 8 nitrogen and oxygen atoms in total. The van der Waals surface area contributed by atoms with E-state index in [2.05, 4.69) is 26.1 Å². The van der Waals surface area contributed by atoms with Crippen molar-refractivity contribution in [3.05, 3.63) is 99.0 Å². The third-order valence-electron chi connectivity index (χ3n) is 6.25. The standard InChI is InChI=1S/C29H24BrN3O5S2/c1-3-38-22-14-19(10-13-21(22)34)24-23(25(35)18-8-11-20(30)12-9-18)26(36)27(37)33(24)28-31-32-29(40-28)39-15-17-6-4-16(2)5-7-17/h4-14,24,34-35H,3,15H2,1-2H3/b25-23-. The molecule has 11 heteroatoms. The summed E-state index contributed by atoms with van der Waals surface area (Å²) in [6.45, 7) is 4.11. The first-order valence-electron chi connectivity index (χ1n) is 12.3. The fraction of sp³-hybridized carbons (Fsp3) is 0.172. The van der Waals surface area contributed by atoms with Crippen LogP contribution in [0.2, 0.25) is 0 Å². The van der Waals surface area contributed by atoms with Gasteiger partial charge in [0.2, 0.25) is 5.13 Å². The summed E-state index contributed by atoms with van der Waals surface area (Å²) in [7, 11) is 0. The molecule has 3 aromatic carbocycles. The Morgan fingerprint density at radius 3 is 2.50 bits per heavy atom. The van der Waals surface area contributed by atoms with Gasteiger partial charge in [-0.1, -0.05) is 87.1 Å². The van der Waals surface area contributed by atoms with Crippen LogP contribution in [0.1, 0.15) is 35.2 Å². The quantitative estimate of drug-likeness (QED) is 0.0727. The monoisotopic (exact) mass is 637 g/mol. The van der Waals surface area contributed by atoms with Gasteiger partial charge >= 0.3 is 5.91 Å². The molecule has 4 aromatic rings. The van der Waals surface area contributed by atoms with Gasteiger partial charge in [-0.3, -0.25) is 14.5 Å². The number of nitrogens with zero attached hydrogens (tertiary/aromatic N) is 3. The summed E-state index contributed by atoms with van der Waals surface area (Å²) in [6.07, 6.45) is 0. The number of thioether (sulfide) groups is 1. The second-order valence-electron chi connectivity index (χ2n) is 8.96. The van der Waals surface area contributed by atoms with Crippen LogP contribution >= 0.6 is 39.0 Å². The number of carbonyl (C=O) groups excluding carboxylic acids is 2. The molecule has 0 saturated carbocycles. The molecule has 40 heavy (non-hydrogen) atoms. The van der Waals surface area contributed by atoms with Crippen LogP contribution < -0.4 is 9.64 Å². The Balaban J connectivity index is 1.56. The summed E-state index contributed by atoms with van der Waals surface area (Å²) in [4.78, 5) is 28.1. The SMILES string of the molecule is CCOc1cc(C2/C(=C(/O)c3ccc(Br)cc3)C(=O)C(=O)N2c2nnc(SCc3ccc(C)cc3)s2)ccc1O. The average Bonchev–Trinajstić information content (AvgIpc) is 3.52. The number of aromatic nitrogens is 2. The van der Waals surface area contributed by atoms with Crippen molar-refractivity contribution in [2.24, 2.45) is 0 Å². The van der Waals surface area contributed by atoms with Crippen molar-refractivity contribution in [2.45, 2.75) is 30.0 Å². The molecule has 1 atom stereocenters. The molecule has 0 aliphatic carbocycles. The Hall–Kier alpha value is -3.67. The first-order valence-corrected chi connectivity index (χ1v) is 14.9. The van der Waals surface area contributed by atoms with Gasteiger partial charge in [-0.2, -0.15) is 0 Å². The van der Waals surface area contributed by atoms with Gasteiger partial charge in [-0.25, -0.2) is 0 Å². The molecule has 1 aliphatic rings. The fourth-order valence-corrected chi connectivity index (χ4v) is 6.36. The molecule has 0 spiro atoms. The number of aliphatic hydroxyl groups excluding tert-OH is 1. The van der Waals surface area contributed by atoms with Gasteiger partial charge in [0.05, 0.1) is 18.2 Å². The summed E-state index contributed by atoms with van der Waals surface area (Å²) in [5.41, 5.74) is 3.04. The van der Waals surface area contributed by atoms with E-state index in [1.165, 1.54) is 39.6 Å². The van der Waals surface area contributed by atoms with Crippen LogP contribution in [0.25, 0.3) is 5.76 Å². The van der Waals surface area contributed by atoms with Crippen molar-refractivity contribution in [2.75, 3.05) is 11.5 Å². The van der Waals surface area contributed by atoms with E-state index in [1.54, 1.807) is 43.3 Å². The number of aryl methyl sites for hydroxylation is 1. The second-order valence-corrected chi connectivity index (χ2v) is 12.1. The molecular weight excluding hydrogens is 614 g/mol. The van der Waals surface area contributed by atoms with E-state index in [9.17, 15) is 19.8 Å². The number of halogens is 1. The molecule has 0 bridgehead atoms. The number of hydrogen-bond donors (Lipinski definition) is 2. The van der Waals surface area contributed by atoms with E-state index in [0.29, 0.717) is 27.8 Å². The van der Waals surface area contributed by atoms with E-state index in [4.69, 9.17) is 4.74 Å². The van der Waals surface area contributed by atoms with Gasteiger partial charge in [0, 0.05) is 15.8 Å². The number of benzene rings is 3. The maximum absolute atomic E-state index is 13.5. The number of hydrogen-bond acceptors (Lipinski definition) is 9. The molecule has 0 radical (unpaired) electrons. The van der Waals surface area contributed by atoms with Gasteiger partial charge < -0.3 is 14.9 Å². The van der Waals surface area contributed by atoms with E-state index < -0.39 is 17.7 Å². The molecule has 2 heterocycles. The number of ketones is 1. The lowest BCUT2D eigenvalue weighted by atomic mass is 9.95. The van der Waals surface area contributed by atoms with Crippen molar-refractivity contribution in [3.63, 3.8) is 0 Å². The number of Topliss-reactive ketones (excluding diaryl/α,β-unsaturated/α-hetero) is 1. The van der Waals surface area contributed by atoms with Crippen molar-refractivity contribution in [1.29, 1.82) is 0 Å². The molecule has 1 fully saturated rings. The summed E-state index contributed by atoms with van der Waals surface area (Å²) < 4.78 is 6.99. The Labute approximate surface area is 247 Å². The third kappa shape index (κ3) is 5.63. The highest BCUT2D eigenvalue weighted by Gasteiger charge is 2.48. The Kier molecular flexibility index (Phi) is 8.24. The molecular formula is C29H24BrN3O5S2. The fourth-order valence-electron chi connectivity index (χ4n) is 4.27. The highest BCUT2D eigenvalue weighted by atomic mass is 79.9. The molecule has 1 aromatic heterocycles. The van der Waals surface area contributed by atoms with Crippen LogP contribution in [0.3, 0.4) is 0 Å². The largest absolute Gasteiger partial charge is 0.507 e. The molecule has 1 saturated heterocycles. The lowest BCUT2D eigenvalue weighted by Gasteiger charge is -2.23. The molecule has 5 rings (SSSR count). The van der Waals surface area contributed by atoms with Crippen LogP contribution in [0.15, 0.2) is 81.1 Å². The zero-order valence-corrected chi connectivity index (χ0v) is 24.7. The third-order valence-corrected chi connectivity index (χ3v) is 8.90. The normalized spacial score (nSPS) is 16.5. The predicted molar refractivity (Wildman–Crippen MR) is 159 cm³/mol. The number of phenols is 1. The van der Waals surface area contributed by atoms with E-state index >= 15 is 0 Å². The summed E-state index contributed by atoms with van der Waals surface area (Å²) in [6, 6.07) is 18.5. The predicted octanol–water partition coefficient (Wildman–Crippen LogP) is 6.63. The minimum atomic E-state index is -1.02. The number of aromatic hydroxyl groups is 1. The minimum absolute atomic E-state index is 0.0823. The molecule has 1 amide bonds. The summed E-state index contributed by atoms with van der Waals surface area (Å²) in [5.74, 6) is -1.22. The first kappa shape index (κ1) is 27.9. The highest BCUT2D eigenvalue weighted by Crippen LogP contribution is 2.45. The number of aliphatic hydroxyl groups is 1. The average molecular weight is 639 g/mol. The van der Waals surface area contributed by atoms with Crippen molar-refractivity contribution < 1.29 is 24.5 Å². The number of phenolic OH excluding ortho intramolecular Hbond substituents is 1. The smallest absolute Gasteiger partial charge is 0.301 e. The number of ether oxygens (including phenoxy) is 1. The van der Waals surface area contributed by atoms with Gasteiger partial charge in [-0.15, -0.1) is 10.2 Å². The maximum Gasteiger partial charge on any atom is 0.301 e. The van der Waals surface area contributed by atoms with Crippen LogP contribution in [0.5, 0.6) is 11.5 Å². The molecule has 1 aliphatic heterocycles. The Morgan fingerprint density at radius 2 is 1.80 bits per heavy atom. The molecule has 1 unspecified atom stereocenters. The number of carbonyl (C=O) groups is 2. The topological polar surface area (TPSA) is 113 Å². The summed E-state index contributed by atoms with van der Waals surface area (Å²) in [5, 5.41) is 30.3. The van der Waals surface area contributed by atoms with E-state index in [1.807, 2.05) is 31.2 Å². The Bertz CT molecular complexity index is 1600. The van der Waals surface area contributed by atoms with Crippen LogP contribution in [-0.2, 0) is 15.3 Å². The zero-order chi connectivity index (χ0) is 28.4. The van der Waals surface area contributed by atoms with Crippen LogP contribution in [0, 0.1) is 6.92 Å². The van der Waals surface area contributed by atoms with Gasteiger partial charge in [0.25, 0.3) is 5.78 Å². The van der Waals surface area contributed by atoms with Gasteiger partial charge in [0.15, 0.2) is 15.8 Å². The first-order chi connectivity index (χ1) is 19.3. The summed E-state index contributed by atoms with van der Waals surface area (Å²) >= 11 is 6.04. The van der Waals surface area contributed by atoms with Crippen LogP contribution in [-0.4, -0.2) is 38.7 Å². The lowest BCUT2D eigenvalue weighted by Crippen LogP contribution is -2.29. The van der Waals surface area contributed by atoms with Gasteiger partial charge in [-0.05, 0) is 49.2 Å². The van der Waals surface area contributed by atoms with Crippen molar-refractivity contribution in [1.82, 2.24) is 10.2 Å². The highest BCUT2D eigenvalue weighted by molar-refractivity contribution is 9.10. The van der Waals surface area contributed by atoms with E-state index in [0.717, 1.165) is 10.0 Å². The zero-order valence-electron chi connectivity index (χ0n) is 21.5. The molecule has 204 valence electrons. The minimum Gasteiger partial charge on any atom is -0.507 e. The second kappa shape index (κ2) is 11.8. The Morgan fingerprint density at radius 1 is 1.07 bits per heavy atom. The van der Waals surface area contributed by atoms with E-state index in [-0.39, 0.29) is 28.0 Å². The van der Waals surface area contributed by atoms with Crippen LogP contribution in [0.4, 0.5) is 5.13 Å². The van der Waals surface area contributed by atoms with Crippen molar-refractivity contribution in [3.8, 4) is 11.5 Å². The lowest BCUT2D eigenvalue weighted by molar-refractivity contribution is -0.132.